The summed E-state index contributed by atoms with van der Waals surface area (Å²) >= 11 is 0. The van der Waals surface area contributed by atoms with Gasteiger partial charge in [-0.3, -0.25) is 4.57 Å². The van der Waals surface area contributed by atoms with Crippen LogP contribution in [0.15, 0.2) is 212 Å². The van der Waals surface area contributed by atoms with Gasteiger partial charge in [-0.2, -0.15) is 0 Å². The van der Waals surface area contributed by atoms with E-state index in [0.717, 1.165) is 22.5 Å². The second-order valence-electron chi connectivity index (χ2n) is 24.2. The fraction of sp³-hybridized carbons (Fsp3) is 0.243. The van der Waals surface area contributed by atoms with E-state index in [2.05, 4.69) is 297 Å². The third-order valence-corrected chi connectivity index (χ3v) is 15.9. The number of aromatic nitrogens is 2. The summed E-state index contributed by atoms with van der Waals surface area (Å²) in [7, 11) is 0. The Morgan fingerprint density at radius 2 is 0.797 bits per heavy atom. The van der Waals surface area contributed by atoms with Gasteiger partial charge in [0.25, 0.3) is 0 Å². The van der Waals surface area contributed by atoms with Gasteiger partial charge < -0.3 is 9.80 Å². The molecule has 0 bridgehead atoms. The zero-order chi connectivity index (χ0) is 51.8. The van der Waals surface area contributed by atoms with Gasteiger partial charge in [-0.15, -0.1) is 0 Å². The number of anilines is 4. The van der Waals surface area contributed by atoms with Crippen LogP contribution in [0.25, 0.3) is 27.6 Å². The van der Waals surface area contributed by atoms with Gasteiger partial charge in [-0.25, -0.2) is 4.98 Å². The van der Waals surface area contributed by atoms with E-state index in [1.807, 2.05) is 6.20 Å². The van der Waals surface area contributed by atoms with Crippen molar-refractivity contribution >= 4 is 44.6 Å². The molecule has 0 saturated heterocycles. The van der Waals surface area contributed by atoms with Crippen LogP contribution >= 0.6 is 0 Å². The van der Waals surface area contributed by atoms with E-state index in [1.165, 1.54) is 77.9 Å². The number of pyridine rings is 1. The second kappa shape index (κ2) is 18.1. The van der Waals surface area contributed by atoms with Gasteiger partial charge in [-0.05, 0) is 127 Å². The Balaban J connectivity index is 1.21. The molecule has 0 aliphatic carbocycles. The summed E-state index contributed by atoms with van der Waals surface area (Å²) in [4.78, 5) is 10.2. The zero-order valence-corrected chi connectivity index (χ0v) is 45.2. The molecule has 1 aliphatic heterocycles. The quantitative estimate of drug-likeness (QED) is 0.135. The van der Waals surface area contributed by atoms with E-state index in [0.29, 0.717) is 6.67 Å². The Morgan fingerprint density at radius 1 is 0.338 bits per heavy atom. The number of benzene rings is 8. The van der Waals surface area contributed by atoms with Crippen molar-refractivity contribution in [1.29, 1.82) is 0 Å². The molecule has 0 amide bonds. The fourth-order valence-electron chi connectivity index (χ4n) is 11.5. The van der Waals surface area contributed by atoms with Crippen molar-refractivity contribution in [2.24, 2.45) is 0 Å². The van der Waals surface area contributed by atoms with Crippen molar-refractivity contribution in [2.45, 2.75) is 103 Å². The van der Waals surface area contributed by atoms with E-state index in [4.69, 9.17) is 4.98 Å². The molecule has 0 spiro atoms. The van der Waals surface area contributed by atoms with E-state index in [9.17, 15) is 0 Å². The van der Waals surface area contributed by atoms with Gasteiger partial charge in [0.1, 0.15) is 12.5 Å². The highest BCUT2D eigenvalue weighted by molar-refractivity contribution is 6.09. The molecule has 11 rings (SSSR count). The summed E-state index contributed by atoms with van der Waals surface area (Å²) in [6.07, 6.45) is 1.97. The van der Waals surface area contributed by atoms with E-state index in [-0.39, 0.29) is 21.7 Å². The lowest BCUT2D eigenvalue weighted by molar-refractivity contribution is 0.568. The first-order valence-electron chi connectivity index (χ1n) is 26.5. The standard InChI is InChI=1S/C70H70N4/c1-66(2,3)51-37-38-71-65(46-51)74-61-32-22-21-31-59(61)60-36-35-52(45-64(60)74)70(49-27-17-13-18-28-49,50-29-19-14-20-30-50)56-40-55(69(10,11)48-25-15-12-16-26-48)43-58(44-56)73-47-72(62-33-23-24-34-63(62)73)57-41-53(67(4,5)6)39-54(42-57)68(7,8)9/h12-46H,47H2,1-11H3. The molecule has 370 valence electrons. The van der Waals surface area contributed by atoms with Crippen LogP contribution in [0, 0.1) is 0 Å². The Kier molecular flexibility index (Phi) is 11.9. The summed E-state index contributed by atoms with van der Waals surface area (Å²) in [6, 6.07) is 77.7. The van der Waals surface area contributed by atoms with Crippen LogP contribution in [-0.2, 0) is 27.1 Å². The number of hydrogen-bond donors (Lipinski definition) is 0. The molecule has 0 atom stereocenters. The second-order valence-corrected chi connectivity index (χ2v) is 24.2. The van der Waals surface area contributed by atoms with E-state index in [1.54, 1.807) is 0 Å². The Hall–Kier alpha value is -7.69. The summed E-state index contributed by atoms with van der Waals surface area (Å²) in [6.45, 7) is 26.2. The minimum atomic E-state index is -0.780. The van der Waals surface area contributed by atoms with Crippen molar-refractivity contribution in [3.63, 3.8) is 0 Å². The molecule has 0 saturated carbocycles. The minimum Gasteiger partial charge on any atom is -0.321 e. The van der Waals surface area contributed by atoms with Gasteiger partial charge in [0.05, 0.1) is 27.8 Å². The highest BCUT2D eigenvalue weighted by Gasteiger charge is 2.42. The van der Waals surface area contributed by atoms with Gasteiger partial charge in [-0.1, -0.05) is 222 Å². The maximum absolute atomic E-state index is 5.12. The fourth-order valence-corrected chi connectivity index (χ4v) is 11.5. The van der Waals surface area contributed by atoms with Crippen LogP contribution < -0.4 is 9.80 Å². The largest absolute Gasteiger partial charge is 0.321 e. The smallest absolute Gasteiger partial charge is 0.137 e. The lowest BCUT2D eigenvalue weighted by Gasteiger charge is -2.39. The molecule has 4 nitrogen and oxygen atoms in total. The van der Waals surface area contributed by atoms with Crippen LogP contribution in [0.1, 0.15) is 126 Å². The molecule has 74 heavy (non-hydrogen) atoms. The summed E-state index contributed by atoms with van der Waals surface area (Å²) < 4.78 is 2.39. The van der Waals surface area contributed by atoms with Gasteiger partial charge >= 0.3 is 0 Å². The highest BCUT2D eigenvalue weighted by Crippen LogP contribution is 2.52. The van der Waals surface area contributed by atoms with Crippen molar-refractivity contribution in [3.05, 3.63) is 263 Å². The Morgan fingerprint density at radius 3 is 1.35 bits per heavy atom. The molecular weight excluding hydrogens is 897 g/mol. The molecule has 1 aliphatic rings. The lowest BCUT2D eigenvalue weighted by atomic mass is 9.64. The molecule has 2 aromatic heterocycles. The minimum absolute atomic E-state index is 0.0241. The molecule has 3 heterocycles. The summed E-state index contributed by atoms with van der Waals surface area (Å²) in [5.74, 6) is 0.916. The topological polar surface area (TPSA) is 24.3 Å². The normalized spacial score (nSPS) is 13.5. The van der Waals surface area contributed by atoms with Crippen LogP contribution in [0.2, 0.25) is 0 Å². The maximum Gasteiger partial charge on any atom is 0.137 e. The highest BCUT2D eigenvalue weighted by atomic mass is 15.4. The van der Waals surface area contributed by atoms with Crippen molar-refractivity contribution in [3.8, 4) is 5.82 Å². The molecule has 8 aromatic carbocycles. The average Bonchev–Trinajstić information content (AvgIpc) is 3.95. The van der Waals surface area contributed by atoms with Crippen LogP contribution in [0.5, 0.6) is 0 Å². The summed E-state index contributed by atoms with van der Waals surface area (Å²) in [5, 5.41) is 2.40. The molecule has 4 heteroatoms. The Bertz CT molecular complexity index is 3600. The first-order valence-corrected chi connectivity index (χ1v) is 26.5. The van der Waals surface area contributed by atoms with Crippen LogP contribution in [0.3, 0.4) is 0 Å². The summed E-state index contributed by atoms with van der Waals surface area (Å²) in [5.41, 5.74) is 17.0. The predicted octanol–water partition coefficient (Wildman–Crippen LogP) is 18.0. The Labute approximate surface area is 440 Å². The van der Waals surface area contributed by atoms with Crippen molar-refractivity contribution in [1.82, 2.24) is 9.55 Å². The first kappa shape index (κ1) is 48.6. The van der Waals surface area contributed by atoms with Gasteiger partial charge in [0, 0.05) is 33.8 Å². The van der Waals surface area contributed by atoms with Crippen molar-refractivity contribution in [2.75, 3.05) is 16.5 Å². The third-order valence-electron chi connectivity index (χ3n) is 15.9. The first-order chi connectivity index (χ1) is 35.3. The number of nitrogens with zero attached hydrogens (tertiary/aromatic N) is 4. The van der Waals surface area contributed by atoms with Gasteiger partial charge in [0.2, 0.25) is 0 Å². The number of fused-ring (bicyclic) bond motifs is 4. The average molecular weight is 967 g/mol. The molecule has 0 radical (unpaired) electrons. The molecule has 0 N–H and O–H groups in total. The SMILES string of the molecule is CC(C)(C)c1cc(N2CN(c3cc(C(C)(C)c4ccccc4)cc(C(c4ccccc4)(c4ccccc4)c4ccc5c6ccccc6n(-c6cc(C(C)(C)C)ccn6)c5c4)c3)c3ccccc32)cc(C(C)(C)C)c1. The third kappa shape index (κ3) is 8.39. The molecule has 10 aromatic rings. The predicted molar refractivity (Wildman–Crippen MR) is 314 cm³/mol. The number of rotatable bonds is 9. The maximum atomic E-state index is 5.12. The lowest BCUT2D eigenvalue weighted by Crippen LogP contribution is -2.33. The number of hydrogen-bond acceptors (Lipinski definition) is 3. The van der Waals surface area contributed by atoms with Crippen LogP contribution in [-0.4, -0.2) is 16.2 Å². The molecule has 0 unspecified atom stereocenters. The monoisotopic (exact) mass is 967 g/mol. The molecule has 0 fully saturated rings. The number of para-hydroxylation sites is 3. The van der Waals surface area contributed by atoms with Crippen LogP contribution in [0.4, 0.5) is 22.7 Å². The zero-order valence-electron chi connectivity index (χ0n) is 45.2. The van der Waals surface area contributed by atoms with Crippen molar-refractivity contribution < 1.29 is 0 Å². The van der Waals surface area contributed by atoms with Gasteiger partial charge in [0.15, 0.2) is 0 Å². The molecular formula is C70H70N4. The van der Waals surface area contributed by atoms with E-state index >= 15 is 0 Å². The van der Waals surface area contributed by atoms with E-state index < -0.39 is 5.41 Å².